The molecule has 5 nitrogen and oxygen atoms in total. The number of carbonyl (C=O) groups excluding carboxylic acids is 1. The van der Waals surface area contributed by atoms with Crippen LogP contribution in [0.25, 0.3) is 0 Å². The lowest BCUT2D eigenvalue weighted by atomic mass is 10.0. The average molecular weight is 272 g/mol. The van der Waals surface area contributed by atoms with Crippen LogP contribution in [-0.4, -0.2) is 28.0 Å². The molecule has 0 aliphatic rings. The van der Waals surface area contributed by atoms with Gasteiger partial charge in [-0.1, -0.05) is 6.07 Å². The van der Waals surface area contributed by atoms with Crippen LogP contribution in [0.2, 0.25) is 0 Å². The van der Waals surface area contributed by atoms with E-state index in [4.69, 9.17) is 9.99 Å². The van der Waals surface area contributed by atoms with Crippen LogP contribution in [0.3, 0.4) is 0 Å². The van der Waals surface area contributed by atoms with Crippen LogP contribution in [0.1, 0.15) is 37.6 Å². The number of esters is 1. The fourth-order valence-electron chi connectivity index (χ4n) is 1.80. The quantitative estimate of drug-likeness (QED) is 0.489. The summed E-state index contributed by atoms with van der Waals surface area (Å²) in [5, 5.41) is 17.7. The van der Waals surface area contributed by atoms with E-state index in [1.165, 1.54) is 18.2 Å². The third-order valence-corrected chi connectivity index (χ3v) is 2.44. The van der Waals surface area contributed by atoms with Crippen molar-refractivity contribution < 1.29 is 29.2 Å². The maximum absolute atomic E-state index is 13.7. The van der Waals surface area contributed by atoms with Gasteiger partial charge in [0.2, 0.25) is 5.75 Å². The van der Waals surface area contributed by atoms with Gasteiger partial charge in [-0.3, -0.25) is 0 Å². The van der Waals surface area contributed by atoms with Gasteiger partial charge in [0.05, 0.1) is 11.7 Å². The summed E-state index contributed by atoms with van der Waals surface area (Å²) in [6.45, 7) is 4.79. The smallest absolute Gasteiger partial charge is 0.341 e. The molecule has 0 spiro atoms. The highest BCUT2D eigenvalue weighted by atomic mass is 19.1. The highest BCUT2D eigenvalue weighted by molar-refractivity contribution is 5.90. The molecule has 1 atom stereocenters. The van der Waals surface area contributed by atoms with E-state index >= 15 is 0 Å². The molecule has 1 aromatic rings. The molecule has 0 heterocycles. The van der Waals surface area contributed by atoms with Crippen LogP contribution in [0.5, 0.6) is 5.75 Å². The third kappa shape index (κ3) is 4.18. The Balaban J connectivity index is 2.90. The second kappa shape index (κ2) is 5.99. The summed E-state index contributed by atoms with van der Waals surface area (Å²) in [7, 11) is 0. The van der Waals surface area contributed by atoms with Crippen molar-refractivity contribution in [1.29, 1.82) is 0 Å². The van der Waals surface area contributed by atoms with Gasteiger partial charge in [-0.25, -0.2) is 14.4 Å². The minimum absolute atomic E-state index is 0.219. The molecule has 0 aromatic heterocycles. The minimum atomic E-state index is -0.997. The van der Waals surface area contributed by atoms with Crippen LogP contribution in [0, 0.1) is 5.82 Å². The van der Waals surface area contributed by atoms with Crippen LogP contribution < -0.4 is 4.89 Å². The lowest BCUT2D eigenvalue weighted by Crippen LogP contribution is -2.32. The van der Waals surface area contributed by atoms with Gasteiger partial charge in [0, 0.05) is 6.42 Å². The number of halogens is 1. The Morgan fingerprint density at radius 1 is 1.47 bits per heavy atom. The van der Waals surface area contributed by atoms with Gasteiger partial charge in [-0.2, -0.15) is 0 Å². The van der Waals surface area contributed by atoms with Crippen molar-refractivity contribution >= 4 is 5.97 Å². The summed E-state index contributed by atoms with van der Waals surface area (Å²) in [5.74, 6) is -2.34. The normalized spacial score (nSPS) is 12.9. The number of hydrogen-bond donors (Lipinski definition) is 2. The van der Waals surface area contributed by atoms with Crippen LogP contribution in [0.15, 0.2) is 18.2 Å². The van der Waals surface area contributed by atoms with E-state index in [0.29, 0.717) is 0 Å². The standard InChI is InChI=1S/C13H17FO5/c1-8(15)7-13(2,3)18-12(16)9-5-4-6-10(19-17)11(9)14/h4-6,8,15,17H,7H2,1-3H3. The van der Waals surface area contributed by atoms with E-state index < -0.39 is 29.2 Å². The first kappa shape index (κ1) is 15.4. The molecule has 0 aliphatic heterocycles. The van der Waals surface area contributed by atoms with E-state index in [1.807, 2.05) is 0 Å². The fraction of sp³-hybridized carbons (Fsp3) is 0.462. The highest BCUT2D eigenvalue weighted by Gasteiger charge is 2.27. The monoisotopic (exact) mass is 272 g/mol. The number of ether oxygens (including phenoxy) is 1. The molecular formula is C13H17FO5. The second-order valence-electron chi connectivity index (χ2n) is 4.91. The van der Waals surface area contributed by atoms with E-state index in [9.17, 15) is 14.3 Å². The minimum Gasteiger partial charge on any atom is -0.456 e. The van der Waals surface area contributed by atoms with Crippen molar-refractivity contribution in [3.63, 3.8) is 0 Å². The number of carbonyl (C=O) groups is 1. The fourth-order valence-corrected chi connectivity index (χ4v) is 1.80. The van der Waals surface area contributed by atoms with E-state index in [-0.39, 0.29) is 12.0 Å². The largest absolute Gasteiger partial charge is 0.456 e. The average Bonchev–Trinajstić information content (AvgIpc) is 2.26. The van der Waals surface area contributed by atoms with Crippen molar-refractivity contribution in [3.8, 4) is 5.75 Å². The van der Waals surface area contributed by atoms with Gasteiger partial charge < -0.3 is 14.7 Å². The number of aliphatic hydroxyl groups excluding tert-OH is 1. The molecule has 19 heavy (non-hydrogen) atoms. The predicted molar refractivity (Wildman–Crippen MR) is 65.4 cm³/mol. The SMILES string of the molecule is CC(O)CC(C)(C)OC(=O)c1cccc(OO)c1F. The molecule has 106 valence electrons. The lowest BCUT2D eigenvalue weighted by molar-refractivity contribution is -0.140. The summed E-state index contributed by atoms with van der Waals surface area (Å²) in [4.78, 5) is 15.7. The highest BCUT2D eigenvalue weighted by Crippen LogP contribution is 2.24. The third-order valence-electron chi connectivity index (χ3n) is 2.44. The summed E-state index contributed by atoms with van der Waals surface area (Å²) in [6, 6.07) is 3.75. The summed E-state index contributed by atoms with van der Waals surface area (Å²) in [5.41, 5.74) is -1.28. The van der Waals surface area contributed by atoms with Gasteiger partial charge in [-0.05, 0) is 32.9 Å². The topological polar surface area (TPSA) is 76.0 Å². The number of benzene rings is 1. The molecule has 1 rings (SSSR count). The predicted octanol–water partition coefficient (Wildman–Crippen LogP) is 2.38. The maximum Gasteiger partial charge on any atom is 0.341 e. The zero-order chi connectivity index (χ0) is 14.6. The Kier molecular flexibility index (Phi) is 4.85. The molecule has 6 heteroatoms. The first-order valence-electron chi connectivity index (χ1n) is 5.78. The van der Waals surface area contributed by atoms with Crippen molar-refractivity contribution in [3.05, 3.63) is 29.6 Å². The Bertz CT molecular complexity index is 456. The van der Waals surface area contributed by atoms with Crippen LogP contribution >= 0.6 is 0 Å². The number of rotatable bonds is 5. The zero-order valence-electron chi connectivity index (χ0n) is 11.0. The molecule has 0 fully saturated rings. The van der Waals surface area contributed by atoms with E-state index in [2.05, 4.69) is 4.89 Å². The van der Waals surface area contributed by atoms with E-state index in [1.54, 1.807) is 20.8 Å². The van der Waals surface area contributed by atoms with Gasteiger partial charge in [-0.15, -0.1) is 0 Å². The van der Waals surface area contributed by atoms with Crippen LogP contribution in [0.4, 0.5) is 4.39 Å². The number of aliphatic hydroxyl groups is 1. The molecule has 2 N–H and O–H groups in total. The number of hydrogen-bond acceptors (Lipinski definition) is 5. The summed E-state index contributed by atoms with van der Waals surface area (Å²) in [6.07, 6.45) is -0.434. The second-order valence-corrected chi connectivity index (χ2v) is 4.91. The van der Waals surface area contributed by atoms with Gasteiger partial charge in [0.15, 0.2) is 5.82 Å². The van der Waals surface area contributed by atoms with Gasteiger partial charge in [0.25, 0.3) is 0 Å². The Morgan fingerprint density at radius 3 is 2.63 bits per heavy atom. The zero-order valence-corrected chi connectivity index (χ0v) is 11.0. The molecule has 1 aromatic carbocycles. The molecule has 0 aliphatic carbocycles. The van der Waals surface area contributed by atoms with Crippen molar-refractivity contribution in [2.75, 3.05) is 0 Å². The van der Waals surface area contributed by atoms with Crippen LogP contribution in [-0.2, 0) is 4.74 Å². The molecule has 0 radical (unpaired) electrons. The van der Waals surface area contributed by atoms with Gasteiger partial charge in [0.1, 0.15) is 5.60 Å². The maximum atomic E-state index is 13.7. The lowest BCUT2D eigenvalue weighted by Gasteiger charge is -2.26. The molecule has 1 unspecified atom stereocenters. The molecule has 0 amide bonds. The molecular weight excluding hydrogens is 255 g/mol. The Hall–Kier alpha value is -1.66. The Labute approximate surface area is 110 Å². The molecule has 0 saturated heterocycles. The molecule has 0 saturated carbocycles. The Morgan fingerprint density at radius 2 is 2.11 bits per heavy atom. The molecule has 0 bridgehead atoms. The van der Waals surface area contributed by atoms with Crippen molar-refractivity contribution in [1.82, 2.24) is 0 Å². The van der Waals surface area contributed by atoms with Crippen molar-refractivity contribution in [2.45, 2.75) is 38.9 Å². The van der Waals surface area contributed by atoms with E-state index in [0.717, 1.165) is 0 Å². The van der Waals surface area contributed by atoms with Crippen molar-refractivity contribution in [2.24, 2.45) is 0 Å². The first-order chi connectivity index (χ1) is 8.76. The first-order valence-corrected chi connectivity index (χ1v) is 5.78. The summed E-state index contributed by atoms with van der Waals surface area (Å²) >= 11 is 0. The summed E-state index contributed by atoms with van der Waals surface area (Å²) < 4.78 is 18.9. The van der Waals surface area contributed by atoms with Gasteiger partial charge >= 0.3 is 5.97 Å².